The molecule has 6 heteroatoms. The monoisotopic (exact) mass is 220 g/mol. The van der Waals surface area contributed by atoms with Crippen LogP contribution in [0.4, 0.5) is 13.2 Å². The third-order valence-corrected chi connectivity index (χ3v) is 1.94. The van der Waals surface area contributed by atoms with Crippen LogP contribution in [0.5, 0.6) is 0 Å². The molecule has 0 aliphatic heterocycles. The maximum absolute atomic E-state index is 12.2. The van der Waals surface area contributed by atoms with Gasteiger partial charge in [0.1, 0.15) is 4.99 Å². The van der Waals surface area contributed by atoms with E-state index in [4.69, 9.17) is 18.1 Å². The number of hydrogen-bond acceptors (Lipinski definition) is 2. The van der Waals surface area contributed by atoms with Crippen molar-refractivity contribution in [2.24, 2.45) is 5.84 Å². The van der Waals surface area contributed by atoms with E-state index < -0.39 is 11.7 Å². The first-order chi connectivity index (χ1) is 6.45. The fraction of sp³-hybridized carbons (Fsp3) is 0.125. The van der Waals surface area contributed by atoms with Crippen molar-refractivity contribution in [1.82, 2.24) is 5.43 Å². The number of rotatable bonds is 1. The molecular weight excluding hydrogens is 213 g/mol. The van der Waals surface area contributed by atoms with Gasteiger partial charge in [-0.05, 0) is 12.1 Å². The second-order valence-electron chi connectivity index (χ2n) is 2.55. The van der Waals surface area contributed by atoms with Gasteiger partial charge < -0.3 is 5.43 Å². The maximum atomic E-state index is 12.2. The van der Waals surface area contributed by atoms with Crippen LogP contribution >= 0.6 is 12.2 Å². The van der Waals surface area contributed by atoms with E-state index in [1.54, 1.807) is 0 Å². The minimum Gasteiger partial charge on any atom is -0.314 e. The Morgan fingerprint density at radius 1 is 1.36 bits per heavy atom. The Morgan fingerprint density at radius 2 is 2.00 bits per heavy atom. The lowest BCUT2D eigenvalue weighted by atomic mass is 10.1. The van der Waals surface area contributed by atoms with E-state index in [-0.39, 0.29) is 10.6 Å². The van der Waals surface area contributed by atoms with Crippen molar-refractivity contribution < 1.29 is 13.2 Å². The molecule has 0 radical (unpaired) electrons. The van der Waals surface area contributed by atoms with Crippen molar-refractivity contribution in [2.45, 2.75) is 6.18 Å². The Bertz CT molecular complexity index is 349. The van der Waals surface area contributed by atoms with Crippen LogP contribution in [0.15, 0.2) is 24.3 Å². The van der Waals surface area contributed by atoms with Gasteiger partial charge in [-0.3, -0.25) is 0 Å². The molecule has 3 N–H and O–H groups in total. The molecule has 0 atom stereocenters. The van der Waals surface area contributed by atoms with Gasteiger partial charge in [0.2, 0.25) is 0 Å². The van der Waals surface area contributed by atoms with E-state index in [1.807, 2.05) is 0 Å². The third kappa shape index (κ3) is 2.43. The smallest absolute Gasteiger partial charge is 0.314 e. The van der Waals surface area contributed by atoms with E-state index in [1.165, 1.54) is 12.1 Å². The fourth-order valence-electron chi connectivity index (χ4n) is 0.920. The Labute approximate surface area is 83.9 Å². The standard InChI is InChI=1S/C8H7F3N2S/c9-8(10,11)6-3-1-2-5(4-6)7(14)13-12/h1-4H,12H2,(H,13,14). The lowest BCUT2D eigenvalue weighted by molar-refractivity contribution is -0.137. The van der Waals surface area contributed by atoms with E-state index >= 15 is 0 Å². The largest absolute Gasteiger partial charge is 0.416 e. The molecule has 0 saturated carbocycles. The molecule has 0 aromatic heterocycles. The summed E-state index contributed by atoms with van der Waals surface area (Å²) in [4.78, 5) is 0.0797. The summed E-state index contributed by atoms with van der Waals surface area (Å²) in [6.45, 7) is 0. The summed E-state index contributed by atoms with van der Waals surface area (Å²) in [5.74, 6) is 4.99. The fourth-order valence-corrected chi connectivity index (χ4v) is 1.05. The lowest BCUT2D eigenvalue weighted by Crippen LogP contribution is -2.29. The highest BCUT2D eigenvalue weighted by Gasteiger charge is 2.30. The van der Waals surface area contributed by atoms with Gasteiger partial charge >= 0.3 is 6.18 Å². The quantitative estimate of drug-likeness (QED) is 0.431. The summed E-state index contributed by atoms with van der Waals surface area (Å²) in [5, 5.41) is 0. The van der Waals surface area contributed by atoms with Crippen LogP contribution in [0, 0.1) is 0 Å². The van der Waals surface area contributed by atoms with E-state index in [0.717, 1.165) is 12.1 Å². The zero-order chi connectivity index (χ0) is 10.8. The second-order valence-corrected chi connectivity index (χ2v) is 2.96. The molecule has 2 nitrogen and oxygen atoms in total. The number of hydrazine groups is 1. The normalized spacial score (nSPS) is 11.1. The Kier molecular flexibility index (Phi) is 3.07. The van der Waals surface area contributed by atoms with Gasteiger partial charge in [-0.2, -0.15) is 13.2 Å². The zero-order valence-corrected chi connectivity index (χ0v) is 7.75. The van der Waals surface area contributed by atoms with Crippen molar-refractivity contribution in [3.05, 3.63) is 35.4 Å². The van der Waals surface area contributed by atoms with E-state index in [2.05, 4.69) is 5.43 Å². The molecule has 0 aliphatic rings. The van der Waals surface area contributed by atoms with Crippen molar-refractivity contribution in [2.75, 3.05) is 0 Å². The minimum atomic E-state index is -4.36. The first-order valence-corrected chi connectivity index (χ1v) is 4.04. The molecule has 14 heavy (non-hydrogen) atoms. The third-order valence-electron chi connectivity index (χ3n) is 1.58. The summed E-state index contributed by atoms with van der Waals surface area (Å²) in [6, 6.07) is 4.66. The lowest BCUT2D eigenvalue weighted by Gasteiger charge is -2.08. The molecule has 0 bridgehead atoms. The van der Waals surface area contributed by atoms with Crippen LogP contribution < -0.4 is 11.3 Å². The van der Waals surface area contributed by atoms with Crippen LogP contribution in [-0.2, 0) is 6.18 Å². The van der Waals surface area contributed by atoms with Crippen LogP contribution in [0.1, 0.15) is 11.1 Å². The van der Waals surface area contributed by atoms with E-state index in [9.17, 15) is 13.2 Å². The van der Waals surface area contributed by atoms with Crippen molar-refractivity contribution >= 4 is 17.2 Å². The van der Waals surface area contributed by atoms with Crippen LogP contribution in [-0.4, -0.2) is 4.99 Å². The van der Waals surface area contributed by atoms with Crippen LogP contribution in [0.3, 0.4) is 0 Å². The predicted molar refractivity (Wildman–Crippen MR) is 50.5 cm³/mol. The highest BCUT2D eigenvalue weighted by molar-refractivity contribution is 7.80. The van der Waals surface area contributed by atoms with Gasteiger partial charge in [-0.1, -0.05) is 24.4 Å². The Balaban J connectivity index is 3.08. The number of nitrogens with two attached hydrogens (primary N) is 1. The molecule has 1 aromatic carbocycles. The average molecular weight is 220 g/mol. The first-order valence-electron chi connectivity index (χ1n) is 3.63. The molecule has 1 aromatic rings. The summed E-state index contributed by atoms with van der Waals surface area (Å²) < 4.78 is 36.7. The minimum absolute atomic E-state index is 0.0797. The molecule has 1 rings (SSSR count). The number of benzene rings is 1. The topological polar surface area (TPSA) is 38.0 Å². The van der Waals surface area contributed by atoms with Gasteiger partial charge in [0.25, 0.3) is 0 Å². The number of thiocarbonyl (C=S) groups is 1. The first kappa shape index (κ1) is 10.9. The Hall–Kier alpha value is -1.14. The predicted octanol–water partition coefficient (Wildman–Crippen LogP) is 1.84. The molecule has 0 spiro atoms. The summed E-state index contributed by atoms with van der Waals surface area (Å²) in [6.07, 6.45) is -4.36. The molecule has 76 valence electrons. The SMILES string of the molecule is NNC(=S)c1cccc(C(F)(F)F)c1. The number of alkyl halides is 3. The van der Waals surface area contributed by atoms with Gasteiger partial charge in [0.15, 0.2) is 0 Å². The highest BCUT2D eigenvalue weighted by Crippen LogP contribution is 2.29. The van der Waals surface area contributed by atoms with Gasteiger partial charge in [-0.15, -0.1) is 0 Å². The van der Waals surface area contributed by atoms with Gasteiger partial charge in [0, 0.05) is 5.56 Å². The van der Waals surface area contributed by atoms with Crippen molar-refractivity contribution in [3.8, 4) is 0 Å². The van der Waals surface area contributed by atoms with Crippen LogP contribution in [0.25, 0.3) is 0 Å². The molecule has 0 saturated heterocycles. The van der Waals surface area contributed by atoms with Crippen LogP contribution in [0.2, 0.25) is 0 Å². The number of hydrogen-bond donors (Lipinski definition) is 2. The van der Waals surface area contributed by atoms with Crippen molar-refractivity contribution in [3.63, 3.8) is 0 Å². The highest BCUT2D eigenvalue weighted by atomic mass is 32.1. The molecular formula is C8H7F3N2S. The zero-order valence-electron chi connectivity index (χ0n) is 6.93. The van der Waals surface area contributed by atoms with Gasteiger partial charge in [-0.25, -0.2) is 5.84 Å². The summed E-state index contributed by atoms with van der Waals surface area (Å²) in [5.41, 5.74) is 1.63. The number of halogens is 3. The Morgan fingerprint density at radius 3 is 2.50 bits per heavy atom. The molecule has 0 amide bonds. The van der Waals surface area contributed by atoms with Gasteiger partial charge in [0.05, 0.1) is 5.56 Å². The van der Waals surface area contributed by atoms with E-state index in [0.29, 0.717) is 0 Å². The second kappa shape index (κ2) is 3.93. The molecule has 0 aliphatic carbocycles. The molecule has 0 heterocycles. The number of nitrogens with one attached hydrogen (secondary N) is 1. The van der Waals surface area contributed by atoms with Crippen molar-refractivity contribution in [1.29, 1.82) is 0 Å². The average Bonchev–Trinajstić information content (AvgIpc) is 2.15. The molecule has 0 fully saturated rings. The maximum Gasteiger partial charge on any atom is 0.416 e. The summed E-state index contributed by atoms with van der Waals surface area (Å²) in [7, 11) is 0. The molecule has 0 unspecified atom stereocenters. The summed E-state index contributed by atoms with van der Waals surface area (Å²) >= 11 is 4.70.